The molecular formula is C16H16NO3S2-. The summed E-state index contributed by atoms with van der Waals surface area (Å²) in [4.78, 5) is 24.8. The second kappa shape index (κ2) is 6.62. The first-order chi connectivity index (χ1) is 10.3. The van der Waals surface area contributed by atoms with Crippen LogP contribution in [0.2, 0.25) is 0 Å². The zero-order valence-electron chi connectivity index (χ0n) is 12.5. The molecule has 1 atom stereocenters. The van der Waals surface area contributed by atoms with E-state index in [-0.39, 0.29) is 10.2 Å². The molecule has 0 radical (unpaired) electrons. The first-order valence-electron chi connectivity index (χ1n) is 6.89. The molecule has 1 aliphatic heterocycles. The van der Waals surface area contributed by atoms with E-state index in [1.807, 2.05) is 24.3 Å². The van der Waals surface area contributed by atoms with Crippen LogP contribution >= 0.6 is 24.0 Å². The number of thiocarbonyl (C=S) groups is 1. The van der Waals surface area contributed by atoms with E-state index in [1.165, 1.54) is 12.5 Å². The number of rotatable bonds is 4. The van der Waals surface area contributed by atoms with Crippen LogP contribution in [0.5, 0.6) is 0 Å². The van der Waals surface area contributed by atoms with Gasteiger partial charge in [-0.1, -0.05) is 62.1 Å². The fourth-order valence-corrected chi connectivity index (χ4v) is 3.47. The van der Waals surface area contributed by atoms with Crippen molar-refractivity contribution >= 4 is 46.3 Å². The molecule has 1 fully saturated rings. The Morgan fingerprint density at radius 1 is 1.27 bits per heavy atom. The standard InChI is InChI=1S/C16H17NO3S2/c1-9(2)12-6-4-11(5-7-12)8-13-14(18)17(16(21)22-13)10(3)15(19)20/h4-10H,1-3H3,(H,19,20)/p-1. The van der Waals surface area contributed by atoms with E-state index in [0.29, 0.717) is 10.8 Å². The third-order valence-electron chi connectivity index (χ3n) is 3.45. The summed E-state index contributed by atoms with van der Waals surface area (Å²) in [7, 11) is 0. The monoisotopic (exact) mass is 334 g/mol. The Morgan fingerprint density at radius 2 is 1.86 bits per heavy atom. The molecular weight excluding hydrogens is 318 g/mol. The highest BCUT2D eigenvalue weighted by Crippen LogP contribution is 2.34. The van der Waals surface area contributed by atoms with Gasteiger partial charge in [0.1, 0.15) is 4.32 Å². The summed E-state index contributed by atoms with van der Waals surface area (Å²) in [6.07, 6.45) is 1.73. The molecule has 4 nitrogen and oxygen atoms in total. The number of carbonyl (C=O) groups excluding carboxylic acids is 2. The van der Waals surface area contributed by atoms with Crippen molar-refractivity contribution < 1.29 is 14.7 Å². The molecule has 0 aromatic heterocycles. The smallest absolute Gasteiger partial charge is 0.266 e. The van der Waals surface area contributed by atoms with Gasteiger partial charge in [0.15, 0.2) is 0 Å². The predicted molar refractivity (Wildman–Crippen MR) is 90.0 cm³/mol. The van der Waals surface area contributed by atoms with E-state index < -0.39 is 12.0 Å². The number of carboxylic acid groups (broad SMARTS) is 1. The van der Waals surface area contributed by atoms with Crippen molar-refractivity contribution in [3.05, 3.63) is 40.3 Å². The molecule has 1 aromatic carbocycles. The van der Waals surface area contributed by atoms with Gasteiger partial charge in [-0.15, -0.1) is 0 Å². The highest BCUT2D eigenvalue weighted by atomic mass is 32.2. The lowest BCUT2D eigenvalue weighted by molar-refractivity contribution is -0.309. The van der Waals surface area contributed by atoms with Crippen molar-refractivity contribution in [1.29, 1.82) is 0 Å². The Kier molecular flexibility index (Phi) is 5.03. The van der Waals surface area contributed by atoms with E-state index in [9.17, 15) is 14.7 Å². The van der Waals surface area contributed by atoms with Crippen LogP contribution in [0.15, 0.2) is 29.2 Å². The average molecular weight is 334 g/mol. The molecule has 1 saturated heterocycles. The van der Waals surface area contributed by atoms with Crippen molar-refractivity contribution in [2.45, 2.75) is 32.7 Å². The zero-order valence-corrected chi connectivity index (χ0v) is 14.2. The van der Waals surface area contributed by atoms with Gasteiger partial charge >= 0.3 is 0 Å². The molecule has 1 unspecified atom stereocenters. The summed E-state index contributed by atoms with van der Waals surface area (Å²) in [5.74, 6) is -1.27. The molecule has 116 valence electrons. The molecule has 1 amide bonds. The van der Waals surface area contributed by atoms with Gasteiger partial charge in [0.05, 0.1) is 16.9 Å². The first-order valence-corrected chi connectivity index (χ1v) is 8.11. The maximum atomic E-state index is 12.3. The normalized spacial score (nSPS) is 18.4. The van der Waals surface area contributed by atoms with Crippen molar-refractivity contribution in [3.63, 3.8) is 0 Å². The summed E-state index contributed by atoms with van der Waals surface area (Å²) in [5, 5.41) is 11.0. The number of carboxylic acids is 1. The molecule has 0 bridgehead atoms. The second-order valence-electron chi connectivity index (χ2n) is 5.37. The SMILES string of the molecule is CC(C)c1ccc(C=C2SC(=S)N(C(C)C(=O)[O-])C2=O)cc1. The topological polar surface area (TPSA) is 60.4 Å². The first kappa shape index (κ1) is 16.7. The summed E-state index contributed by atoms with van der Waals surface area (Å²) < 4.78 is 0.242. The number of nitrogens with zero attached hydrogens (tertiary/aromatic N) is 1. The third-order valence-corrected chi connectivity index (χ3v) is 4.78. The van der Waals surface area contributed by atoms with E-state index in [4.69, 9.17) is 12.2 Å². The molecule has 0 N–H and O–H groups in total. The highest BCUT2D eigenvalue weighted by Gasteiger charge is 2.35. The molecule has 22 heavy (non-hydrogen) atoms. The summed E-state index contributed by atoms with van der Waals surface area (Å²) in [6.45, 7) is 5.61. The number of aliphatic carboxylic acids is 1. The number of amides is 1. The minimum atomic E-state index is -1.32. The molecule has 6 heteroatoms. The molecule has 0 aliphatic carbocycles. The van der Waals surface area contributed by atoms with Crippen molar-refractivity contribution in [2.24, 2.45) is 0 Å². The highest BCUT2D eigenvalue weighted by molar-refractivity contribution is 8.26. The lowest BCUT2D eigenvalue weighted by Gasteiger charge is -2.23. The van der Waals surface area contributed by atoms with Crippen LogP contribution in [0.25, 0.3) is 6.08 Å². The van der Waals surface area contributed by atoms with Crippen LogP contribution in [0.1, 0.15) is 37.8 Å². The van der Waals surface area contributed by atoms with E-state index in [0.717, 1.165) is 22.2 Å². The van der Waals surface area contributed by atoms with Crippen LogP contribution in [-0.2, 0) is 9.59 Å². The second-order valence-corrected chi connectivity index (χ2v) is 7.04. The Hall–Kier alpha value is -1.66. The lowest BCUT2D eigenvalue weighted by atomic mass is 10.0. The van der Waals surface area contributed by atoms with Gasteiger partial charge in [-0.3, -0.25) is 9.69 Å². The molecule has 0 saturated carbocycles. The van der Waals surface area contributed by atoms with Crippen LogP contribution in [0.3, 0.4) is 0 Å². The largest absolute Gasteiger partial charge is 0.548 e. The Balaban J connectivity index is 2.24. The zero-order chi connectivity index (χ0) is 16.4. The molecule has 1 aromatic rings. The van der Waals surface area contributed by atoms with E-state index in [1.54, 1.807) is 6.08 Å². The summed E-state index contributed by atoms with van der Waals surface area (Å²) in [5.41, 5.74) is 2.10. The van der Waals surface area contributed by atoms with Gasteiger partial charge < -0.3 is 9.90 Å². The number of hydrogen-bond acceptors (Lipinski definition) is 5. The summed E-state index contributed by atoms with van der Waals surface area (Å²) >= 11 is 6.21. The van der Waals surface area contributed by atoms with Crippen LogP contribution in [-0.4, -0.2) is 27.1 Å². The van der Waals surface area contributed by atoms with Crippen LogP contribution < -0.4 is 5.11 Å². The third kappa shape index (κ3) is 3.39. The number of carbonyl (C=O) groups is 2. The van der Waals surface area contributed by atoms with Crippen LogP contribution in [0, 0.1) is 0 Å². The average Bonchev–Trinajstić information content (AvgIpc) is 2.73. The molecule has 1 aliphatic rings. The maximum absolute atomic E-state index is 12.3. The predicted octanol–water partition coefficient (Wildman–Crippen LogP) is 2.15. The number of hydrogen-bond donors (Lipinski definition) is 0. The number of benzene rings is 1. The van der Waals surface area contributed by atoms with Gasteiger partial charge in [-0.25, -0.2) is 0 Å². The van der Waals surface area contributed by atoms with Crippen molar-refractivity contribution in [2.75, 3.05) is 0 Å². The van der Waals surface area contributed by atoms with Gasteiger partial charge in [-0.2, -0.15) is 0 Å². The maximum Gasteiger partial charge on any atom is 0.266 e. The summed E-state index contributed by atoms with van der Waals surface area (Å²) in [6, 6.07) is 6.83. The Morgan fingerprint density at radius 3 is 2.36 bits per heavy atom. The van der Waals surface area contributed by atoms with Crippen molar-refractivity contribution in [3.8, 4) is 0 Å². The molecule has 2 rings (SSSR count). The molecule has 0 spiro atoms. The number of thioether (sulfide) groups is 1. The van der Waals surface area contributed by atoms with Gasteiger partial charge in [0.2, 0.25) is 0 Å². The fraction of sp³-hybridized carbons (Fsp3) is 0.312. The fourth-order valence-electron chi connectivity index (χ4n) is 2.05. The minimum absolute atomic E-state index is 0.242. The van der Waals surface area contributed by atoms with E-state index >= 15 is 0 Å². The van der Waals surface area contributed by atoms with Crippen molar-refractivity contribution in [1.82, 2.24) is 4.90 Å². The van der Waals surface area contributed by atoms with E-state index in [2.05, 4.69) is 13.8 Å². The Labute approximate surface area is 139 Å². The minimum Gasteiger partial charge on any atom is -0.548 e. The quantitative estimate of drug-likeness (QED) is 0.624. The Bertz CT molecular complexity index is 650. The molecule has 1 heterocycles. The van der Waals surface area contributed by atoms with Gasteiger partial charge in [0, 0.05) is 0 Å². The van der Waals surface area contributed by atoms with Crippen LogP contribution in [0.4, 0.5) is 0 Å². The lowest BCUT2D eigenvalue weighted by Crippen LogP contribution is -2.48. The van der Waals surface area contributed by atoms with Gasteiger partial charge in [-0.05, 0) is 30.0 Å². The van der Waals surface area contributed by atoms with Gasteiger partial charge in [0.25, 0.3) is 5.91 Å².